The zero-order valence-corrected chi connectivity index (χ0v) is 6.72. The number of benzene rings is 1. The lowest BCUT2D eigenvalue weighted by Gasteiger charge is -2.04. The Kier molecular flexibility index (Phi) is 2.76. The highest BCUT2D eigenvalue weighted by molar-refractivity contribution is 5.88. The summed E-state index contributed by atoms with van der Waals surface area (Å²) in [6.45, 7) is -1.03. The summed E-state index contributed by atoms with van der Waals surface area (Å²) in [5.74, 6) is -6.42. The summed E-state index contributed by atoms with van der Waals surface area (Å²) in [5, 5.41) is 16.8. The van der Waals surface area contributed by atoms with Gasteiger partial charge in [0.05, 0.1) is 12.2 Å². The SMILES string of the molecule is O=C(O)c1cc(F)c(CO)c(F)c1F. The van der Waals surface area contributed by atoms with Crippen molar-refractivity contribution in [1.29, 1.82) is 0 Å². The Hall–Kier alpha value is -1.56. The van der Waals surface area contributed by atoms with Gasteiger partial charge in [0.1, 0.15) is 11.4 Å². The van der Waals surface area contributed by atoms with E-state index in [1.807, 2.05) is 0 Å². The van der Waals surface area contributed by atoms with Crippen molar-refractivity contribution in [3.63, 3.8) is 0 Å². The van der Waals surface area contributed by atoms with Gasteiger partial charge in [0.2, 0.25) is 0 Å². The predicted octanol–water partition coefficient (Wildman–Crippen LogP) is 1.29. The maximum absolute atomic E-state index is 12.8. The lowest BCUT2D eigenvalue weighted by atomic mass is 10.1. The molecule has 0 aliphatic carbocycles. The molecule has 0 radical (unpaired) electrons. The number of carboxylic acids is 1. The number of aliphatic hydroxyl groups excluding tert-OH is 1. The summed E-state index contributed by atoms with van der Waals surface area (Å²) in [4.78, 5) is 10.3. The van der Waals surface area contributed by atoms with E-state index >= 15 is 0 Å². The van der Waals surface area contributed by atoms with Crippen LogP contribution in [0.5, 0.6) is 0 Å². The number of rotatable bonds is 2. The van der Waals surface area contributed by atoms with Crippen molar-refractivity contribution in [1.82, 2.24) is 0 Å². The number of carboxylic acid groups (broad SMARTS) is 1. The molecule has 1 aromatic rings. The van der Waals surface area contributed by atoms with Crippen molar-refractivity contribution < 1.29 is 28.2 Å². The summed E-state index contributed by atoms with van der Waals surface area (Å²) in [7, 11) is 0. The van der Waals surface area contributed by atoms with E-state index in [1.54, 1.807) is 0 Å². The van der Waals surface area contributed by atoms with Crippen LogP contribution in [-0.2, 0) is 6.61 Å². The molecule has 0 aliphatic heterocycles. The molecule has 0 atom stereocenters. The third kappa shape index (κ3) is 1.56. The second-order valence-electron chi connectivity index (χ2n) is 2.48. The number of halogens is 3. The molecule has 1 aromatic carbocycles. The van der Waals surface area contributed by atoms with E-state index in [2.05, 4.69) is 0 Å². The molecule has 1 rings (SSSR count). The minimum atomic E-state index is -1.77. The molecule has 0 spiro atoms. The van der Waals surface area contributed by atoms with Crippen LogP contribution in [0.3, 0.4) is 0 Å². The minimum Gasteiger partial charge on any atom is -0.478 e. The first-order chi connectivity index (χ1) is 6.49. The van der Waals surface area contributed by atoms with Gasteiger partial charge < -0.3 is 10.2 Å². The van der Waals surface area contributed by atoms with Crippen LogP contribution < -0.4 is 0 Å². The number of aliphatic hydroxyl groups is 1. The van der Waals surface area contributed by atoms with Gasteiger partial charge in [-0.3, -0.25) is 0 Å². The normalized spacial score (nSPS) is 10.3. The Labute approximate surface area is 76.4 Å². The van der Waals surface area contributed by atoms with Crippen LogP contribution in [0.1, 0.15) is 15.9 Å². The molecular weight excluding hydrogens is 201 g/mol. The molecule has 0 heterocycles. The van der Waals surface area contributed by atoms with E-state index in [0.717, 1.165) is 0 Å². The number of aromatic carboxylic acids is 1. The van der Waals surface area contributed by atoms with Gasteiger partial charge in [-0.25, -0.2) is 18.0 Å². The molecule has 76 valence electrons. The first-order valence-electron chi connectivity index (χ1n) is 3.49. The highest BCUT2D eigenvalue weighted by Gasteiger charge is 2.21. The molecular formula is C8H5F3O3. The summed E-state index contributed by atoms with van der Waals surface area (Å²) >= 11 is 0. The Morgan fingerprint density at radius 1 is 1.29 bits per heavy atom. The van der Waals surface area contributed by atoms with Crippen molar-refractivity contribution in [2.45, 2.75) is 6.61 Å². The van der Waals surface area contributed by atoms with E-state index < -0.39 is 41.2 Å². The van der Waals surface area contributed by atoms with E-state index in [1.165, 1.54) is 0 Å². The largest absolute Gasteiger partial charge is 0.478 e. The van der Waals surface area contributed by atoms with Gasteiger partial charge in [0, 0.05) is 0 Å². The molecule has 2 N–H and O–H groups in total. The van der Waals surface area contributed by atoms with Crippen LogP contribution in [0.15, 0.2) is 6.07 Å². The maximum Gasteiger partial charge on any atom is 0.338 e. The lowest BCUT2D eigenvalue weighted by molar-refractivity contribution is 0.0689. The number of hydrogen-bond donors (Lipinski definition) is 2. The van der Waals surface area contributed by atoms with Gasteiger partial charge in [-0.1, -0.05) is 0 Å². The quantitative estimate of drug-likeness (QED) is 0.717. The molecule has 3 nitrogen and oxygen atoms in total. The molecule has 0 fully saturated rings. The number of carbonyl (C=O) groups is 1. The molecule has 0 aromatic heterocycles. The second kappa shape index (κ2) is 3.67. The molecule has 0 amide bonds. The molecule has 0 aliphatic rings. The summed E-state index contributed by atoms with van der Waals surface area (Å²) in [5.41, 5.74) is -1.98. The van der Waals surface area contributed by atoms with Crippen LogP contribution >= 0.6 is 0 Å². The van der Waals surface area contributed by atoms with Crippen LogP contribution in [0.2, 0.25) is 0 Å². The van der Waals surface area contributed by atoms with Crippen molar-refractivity contribution in [3.05, 3.63) is 34.6 Å². The number of hydrogen-bond acceptors (Lipinski definition) is 2. The van der Waals surface area contributed by atoms with Gasteiger partial charge in [-0.2, -0.15) is 0 Å². The zero-order valence-electron chi connectivity index (χ0n) is 6.72. The van der Waals surface area contributed by atoms with Crippen LogP contribution in [0, 0.1) is 17.5 Å². The maximum atomic E-state index is 12.8. The monoisotopic (exact) mass is 206 g/mol. The van der Waals surface area contributed by atoms with Gasteiger partial charge in [0.15, 0.2) is 11.6 Å². The Bertz CT molecular complexity index is 390. The van der Waals surface area contributed by atoms with Crippen molar-refractivity contribution in [2.24, 2.45) is 0 Å². The molecule has 14 heavy (non-hydrogen) atoms. The van der Waals surface area contributed by atoms with Crippen LogP contribution in [0.25, 0.3) is 0 Å². The predicted molar refractivity (Wildman–Crippen MR) is 39.2 cm³/mol. The Balaban J connectivity index is 3.47. The summed E-state index contributed by atoms with van der Waals surface area (Å²) < 4.78 is 38.5. The van der Waals surface area contributed by atoms with Gasteiger partial charge in [-0.15, -0.1) is 0 Å². The van der Waals surface area contributed by atoms with Crippen molar-refractivity contribution in [2.75, 3.05) is 0 Å². The van der Waals surface area contributed by atoms with E-state index in [0.29, 0.717) is 6.07 Å². The third-order valence-corrected chi connectivity index (χ3v) is 1.64. The molecule has 6 heteroatoms. The molecule has 0 bridgehead atoms. The smallest absolute Gasteiger partial charge is 0.338 e. The van der Waals surface area contributed by atoms with Crippen LogP contribution in [0.4, 0.5) is 13.2 Å². The molecule has 0 saturated carbocycles. The lowest BCUT2D eigenvalue weighted by Crippen LogP contribution is -2.08. The summed E-state index contributed by atoms with van der Waals surface area (Å²) in [6.07, 6.45) is 0. The fourth-order valence-electron chi connectivity index (χ4n) is 0.933. The van der Waals surface area contributed by atoms with Gasteiger partial charge in [-0.05, 0) is 6.07 Å². The highest BCUT2D eigenvalue weighted by atomic mass is 19.2. The van der Waals surface area contributed by atoms with Gasteiger partial charge >= 0.3 is 5.97 Å². The first-order valence-corrected chi connectivity index (χ1v) is 3.49. The molecule has 0 saturated heterocycles. The minimum absolute atomic E-state index is 0.326. The highest BCUT2D eigenvalue weighted by Crippen LogP contribution is 2.19. The zero-order chi connectivity index (χ0) is 10.9. The third-order valence-electron chi connectivity index (χ3n) is 1.64. The van der Waals surface area contributed by atoms with Gasteiger partial charge in [0.25, 0.3) is 0 Å². The van der Waals surface area contributed by atoms with Crippen LogP contribution in [-0.4, -0.2) is 16.2 Å². The summed E-state index contributed by atoms with van der Waals surface area (Å²) in [6, 6.07) is 0.326. The Morgan fingerprint density at radius 3 is 2.29 bits per heavy atom. The second-order valence-corrected chi connectivity index (χ2v) is 2.48. The standard InChI is InChI=1S/C8H5F3O3/c9-5-1-3(8(13)14)6(10)7(11)4(5)2-12/h1,12H,2H2,(H,13,14). The average Bonchev–Trinajstić information content (AvgIpc) is 2.12. The van der Waals surface area contributed by atoms with Crippen molar-refractivity contribution >= 4 is 5.97 Å². The van der Waals surface area contributed by atoms with Crippen molar-refractivity contribution in [3.8, 4) is 0 Å². The Morgan fingerprint density at radius 2 is 1.86 bits per heavy atom. The van der Waals surface area contributed by atoms with E-state index in [9.17, 15) is 18.0 Å². The fourth-order valence-corrected chi connectivity index (χ4v) is 0.933. The first kappa shape index (κ1) is 10.5. The topological polar surface area (TPSA) is 57.5 Å². The average molecular weight is 206 g/mol. The van der Waals surface area contributed by atoms with E-state index in [-0.39, 0.29) is 0 Å². The fraction of sp³-hybridized carbons (Fsp3) is 0.125. The molecule has 0 unspecified atom stereocenters. The van der Waals surface area contributed by atoms with E-state index in [4.69, 9.17) is 10.2 Å².